The van der Waals surface area contributed by atoms with Gasteiger partial charge in [-0.1, -0.05) is 28.1 Å². The Morgan fingerprint density at radius 3 is 2.39 bits per heavy atom. The predicted octanol–water partition coefficient (Wildman–Crippen LogP) is 2.81. The summed E-state index contributed by atoms with van der Waals surface area (Å²) in [6.07, 6.45) is 0.614. The maximum Gasteiger partial charge on any atom is 0.254 e. The highest BCUT2D eigenvalue weighted by Gasteiger charge is 2.17. The predicted molar refractivity (Wildman–Crippen MR) is 76.9 cm³/mol. The first-order valence-electron chi connectivity index (χ1n) is 6.17. The average molecular weight is 314 g/mol. The molecule has 0 aliphatic carbocycles. The third kappa shape index (κ3) is 4.10. The lowest BCUT2D eigenvalue weighted by Gasteiger charge is -2.26. The van der Waals surface area contributed by atoms with Crippen LogP contribution in [0.15, 0.2) is 24.3 Å². The van der Waals surface area contributed by atoms with Crippen molar-refractivity contribution in [2.75, 3.05) is 13.2 Å². The quantitative estimate of drug-likeness (QED) is 0.820. The maximum absolute atomic E-state index is 12.3. The average Bonchev–Trinajstić information content (AvgIpc) is 2.38. The van der Waals surface area contributed by atoms with E-state index in [1.807, 2.05) is 38.1 Å². The van der Waals surface area contributed by atoms with Gasteiger partial charge in [-0.05, 0) is 38.0 Å². The minimum absolute atomic E-state index is 0.0274. The Morgan fingerprint density at radius 1 is 1.33 bits per heavy atom. The molecule has 0 unspecified atom stereocenters. The molecule has 1 aromatic rings. The normalized spacial score (nSPS) is 10.7. The number of benzene rings is 1. The van der Waals surface area contributed by atoms with E-state index in [0.717, 1.165) is 10.9 Å². The van der Waals surface area contributed by atoms with Crippen molar-refractivity contribution in [2.45, 2.75) is 31.6 Å². The van der Waals surface area contributed by atoms with Gasteiger partial charge in [0.15, 0.2) is 0 Å². The zero-order valence-electron chi connectivity index (χ0n) is 10.9. The van der Waals surface area contributed by atoms with Crippen LogP contribution in [0.1, 0.15) is 36.2 Å². The number of hydrogen-bond acceptors (Lipinski definition) is 2. The van der Waals surface area contributed by atoms with Crippen molar-refractivity contribution in [1.82, 2.24) is 4.90 Å². The van der Waals surface area contributed by atoms with E-state index in [1.165, 1.54) is 0 Å². The molecular formula is C14H20BrNO2. The molecule has 0 aliphatic rings. The molecule has 0 heterocycles. The zero-order valence-corrected chi connectivity index (χ0v) is 12.5. The third-order valence-corrected chi connectivity index (χ3v) is 3.44. The monoisotopic (exact) mass is 313 g/mol. The van der Waals surface area contributed by atoms with Gasteiger partial charge in [0, 0.05) is 30.1 Å². The first-order valence-corrected chi connectivity index (χ1v) is 7.29. The number of carbonyl (C=O) groups is 1. The molecule has 0 bridgehead atoms. The molecule has 4 heteroatoms. The molecule has 1 rings (SSSR count). The number of halogens is 1. The van der Waals surface area contributed by atoms with Crippen molar-refractivity contribution < 1.29 is 9.90 Å². The van der Waals surface area contributed by atoms with E-state index in [-0.39, 0.29) is 18.6 Å². The number of nitrogens with zero attached hydrogens (tertiary/aromatic N) is 1. The first kappa shape index (κ1) is 15.2. The second kappa shape index (κ2) is 7.54. The van der Waals surface area contributed by atoms with Crippen LogP contribution in [0.4, 0.5) is 0 Å². The standard InChI is InChI=1S/C14H20BrNO2/c1-11(2)16(8-3-9-17)14(18)13-6-4-12(10-15)5-7-13/h4-7,11,17H,3,8-10H2,1-2H3. The highest BCUT2D eigenvalue weighted by Crippen LogP contribution is 2.12. The summed E-state index contributed by atoms with van der Waals surface area (Å²) in [5.74, 6) is 0.0274. The van der Waals surface area contributed by atoms with Crippen LogP contribution in [-0.4, -0.2) is 35.1 Å². The second-order valence-electron chi connectivity index (χ2n) is 4.50. The molecule has 1 aromatic carbocycles. The number of rotatable bonds is 6. The summed E-state index contributed by atoms with van der Waals surface area (Å²) < 4.78 is 0. The Hall–Kier alpha value is -0.870. The molecule has 0 saturated heterocycles. The molecule has 0 saturated carbocycles. The second-order valence-corrected chi connectivity index (χ2v) is 5.06. The number of aliphatic hydroxyl groups is 1. The minimum Gasteiger partial charge on any atom is -0.396 e. The van der Waals surface area contributed by atoms with Crippen molar-refractivity contribution in [2.24, 2.45) is 0 Å². The van der Waals surface area contributed by atoms with Crippen LogP contribution in [0.5, 0.6) is 0 Å². The van der Waals surface area contributed by atoms with Gasteiger partial charge < -0.3 is 10.0 Å². The molecule has 0 fully saturated rings. The molecular weight excluding hydrogens is 294 g/mol. The lowest BCUT2D eigenvalue weighted by atomic mass is 10.1. The van der Waals surface area contributed by atoms with Crippen LogP contribution in [0.2, 0.25) is 0 Å². The van der Waals surface area contributed by atoms with Crippen LogP contribution in [0, 0.1) is 0 Å². The Labute approximate surface area is 117 Å². The van der Waals surface area contributed by atoms with Crippen molar-refractivity contribution in [1.29, 1.82) is 0 Å². The molecule has 0 radical (unpaired) electrons. The topological polar surface area (TPSA) is 40.5 Å². The Bertz CT molecular complexity index is 376. The Morgan fingerprint density at radius 2 is 1.94 bits per heavy atom. The summed E-state index contributed by atoms with van der Waals surface area (Å²) in [6, 6.07) is 7.75. The lowest BCUT2D eigenvalue weighted by molar-refractivity contribution is 0.0693. The number of hydrogen-bond donors (Lipinski definition) is 1. The van der Waals surface area contributed by atoms with Crippen molar-refractivity contribution in [3.8, 4) is 0 Å². The molecule has 0 aromatic heterocycles. The SMILES string of the molecule is CC(C)N(CCCO)C(=O)c1ccc(CBr)cc1. The molecule has 1 N–H and O–H groups in total. The van der Waals surface area contributed by atoms with Crippen molar-refractivity contribution in [3.63, 3.8) is 0 Å². The van der Waals surface area contributed by atoms with Gasteiger partial charge in [0.05, 0.1) is 0 Å². The Kier molecular flexibility index (Phi) is 6.36. The summed E-state index contributed by atoms with van der Waals surface area (Å²) >= 11 is 3.38. The number of aliphatic hydroxyl groups excluding tert-OH is 1. The van der Waals surface area contributed by atoms with Gasteiger partial charge >= 0.3 is 0 Å². The highest BCUT2D eigenvalue weighted by molar-refractivity contribution is 9.08. The minimum atomic E-state index is 0.0274. The van der Waals surface area contributed by atoms with E-state index in [1.54, 1.807) is 4.90 Å². The summed E-state index contributed by atoms with van der Waals surface area (Å²) in [4.78, 5) is 14.1. The summed E-state index contributed by atoms with van der Waals surface area (Å²) in [7, 11) is 0. The van der Waals surface area contributed by atoms with E-state index in [4.69, 9.17) is 5.11 Å². The number of amides is 1. The van der Waals surface area contributed by atoms with Crippen LogP contribution >= 0.6 is 15.9 Å². The van der Waals surface area contributed by atoms with Crippen molar-refractivity contribution >= 4 is 21.8 Å². The smallest absolute Gasteiger partial charge is 0.254 e. The van der Waals surface area contributed by atoms with Crippen LogP contribution < -0.4 is 0 Å². The van der Waals surface area contributed by atoms with Gasteiger partial charge in [0.2, 0.25) is 0 Å². The van der Waals surface area contributed by atoms with Crippen molar-refractivity contribution in [3.05, 3.63) is 35.4 Å². The summed E-state index contributed by atoms with van der Waals surface area (Å²) in [6.45, 7) is 4.68. The summed E-state index contributed by atoms with van der Waals surface area (Å²) in [5, 5.41) is 9.67. The largest absolute Gasteiger partial charge is 0.396 e. The van der Waals surface area contributed by atoms with E-state index in [0.29, 0.717) is 18.5 Å². The van der Waals surface area contributed by atoms with Gasteiger partial charge in [-0.3, -0.25) is 4.79 Å². The van der Waals surface area contributed by atoms with E-state index in [2.05, 4.69) is 15.9 Å². The lowest BCUT2D eigenvalue weighted by Crippen LogP contribution is -2.38. The van der Waals surface area contributed by atoms with Gasteiger partial charge in [0.1, 0.15) is 0 Å². The summed E-state index contributed by atoms with van der Waals surface area (Å²) in [5.41, 5.74) is 1.85. The zero-order chi connectivity index (χ0) is 13.5. The number of carbonyl (C=O) groups excluding carboxylic acids is 1. The third-order valence-electron chi connectivity index (χ3n) is 2.80. The fraction of sp³-hybridized carbons (Fsp3) is 0.500. The van der Waals surface area contributed by atoms with Crippen LogP contribution in [0.3, 0.4) is 0 Å². The molecule has 3 nitrogen and oxygen atoms in total. The molecule has 100 valence electrons. The molecule has 0 aliphatic heterocycles. The highest BCUT2D eigenvalue weighted by atomic mass is 79.9. The van der Waals surface area contributed by atoms with E-state index in [9.17, 15) is 4.79 Å². The Balaban J connectivity index is 2.80. The first-order chi connectivity index (χ1) is 8.60. The maximum atomic E-state index is 12.3. The van der Waals surface area contributed by atoms with Gasteiger partial charge in [-0.2, -0.15) is 0 Å². The van der Waals surface area contributed by atoms with Gasteiger partial charge in [0.25, 0.3) is 5.91 Å². The van der Waals surface area contributed by atoms with Crippen LogP contribution in [-0.2, 0) is 5.33 Å². The fourth-order valence-corrected chi connectivity index (χ4v) is 2.11. The molecule has 0 atom stereocenters. The molecule has 0 spiro atoms. The molecule has 1 amide bonds. The van der Waals surface area contributed by atoms with Gasteiger partial charge in [-0.15, -0.1) is 0 Å². The van der Waals surface area contributed by atoms with E-state index >= 15 is 0 Å². The fourth-order valence-electron chi connectivity index (χ4n) is 1.74. The van der Waals surface area contributed by atoms with Gasteiger partial charge in [-0.25, -0.2) is 0 Å². The number of alkyl halides is 1. The van der Waals surface area contributed by atoms with Crippen LogP contribution in [0.25, 0.3) is 0 Å². The molecule has 18 heavy (non-hydrogen) atoms. The van der Waals surface area contributed by atoms with E-state index < -0.39 is 0 Å².